The fourth-order valence-electron chi connectivity index (χ4n) is 1.71. The lowest BCUT2D eigenvalue weighted by molar-refractivity contribution is 0.875. The third kappa shape index (κ3) is 1.86. The molecule has 0 bridgehead atoms. The van der Waals surface area contributed by atoms with Crippen molar-refractivity contribution < 1.29 is 0 Å². The molecule has 0 unspecified atom stereocenters. The Labute approximate surface area is 104 Å². The Hall–Kier alpha value is -2.56. The monoisotopic (exact) mass is 237 g/mol. The quantitative estimate of drug-likeness (QED) is 0.684. The van der Waals surface area contributed by atoms with E-state index in [0.717, 1.165) is 22.8 Å². The van der Waals surface area contributed by atoms with E-state index in [-0.39, 0.29) is 0 Å². The number of hydrogen-bond donors (Lipinski definition) is 0. The molecule has 0 radical (unpaired) electrons. The number of nitrogens with zero attached hydrogens (tertiary/aromatic N) is 5. The van der Waals surface area contributed by atoms with Gasteiger partial charge in [-0.2, -0.15) is 5.10 Å². The van der Waals surface area contributed by atoms with Gasteiger partial charge in [0.25, 0.3) is 0 Å². The average Bonchev–Trinajstić information content (AvgIpc) is 2.90. The Bertz CT molecular complexity index is 643. The van der Waals surface area contributed by atoms with E-state index in [0.29, 0.717) is 0 Å². The van der Waals surface area contributed by atoms with Crippen LogP contribution in [-0.4, -0.2) is 24.7 Å². The van der Waals surface area contributed by atoms with Crippen LogP contribution in [0.4, 0.5) is 0 Å². The zero-order chi connectivity index (χ0) is 12.4. The molecular formula is C13H11N5. The van der Waals surface area contributed by atoms with E-state index in [1.165, 1.54) is 0 Å². The van der Waals surface area contributed by atoms with Gasteiger partial charge >= 0.3 is 0 Å². The molecule has 3 aromatic rings. The van der Waals surface area contributed by atoms with Crippen LogP contribution in [0.15, 0.2) is 49.2 Å². The van der Waals surface area contributed by atoms with Gasteiger partial charge in [0.1, 0.15) is 5.69 Å². The van der Waals surface area contributed by atoms with Crippen molar-refractivity contribution >= 4 is 0 Å². The summed E-state index contributed by atoms with van der Waals surface area (Å²) in [6.07, 6.45) is 8.73. The van der Waals surface area contributed by atoms with Gasteiger partial charge in [-0.3, -0.25) is 15.0 Å². The van der Waals surface area contributed by atoms with Crippen LogP contribution in [0.5, 0.6) is 0 Å². The number of hydrogen-bond acceptors (Lipinski definition) is 4. The molecule has 88 valence electrons. The van der Waals surface area contributed by atoms with Gasteiger partial charge < -0.3 is 0 Å². The van der Waals surface area contributed by atoms with Gasteiger partial charge in [0, 0.05) is 12.4 Å². The van der Waals surface area contributed by atoms with Crippen molar-refractivity contribution in [3.63, 3.8) is 0 Å². The Morgan fingerprint density at radius 2 is 1.94 bits per heavy atom. The molecule has 5 heteroatoms. The van der Waals surface area contributed by atoms with Gasteiger partial charge in [0.15, 0.2) is 0 Å². The minimum atomic E-state index is 0.793. The van der Waals surface area contributed by atoms with Crippen molar-refractivity contribution in [1.82, 2.24) is 24.7 Å². The minimum Gasteiger partial charge on any atom is -0.262 e. The molecule has 0 spiro atoms. The number of pyridine rings is 1. The van der Waals surface area contributed by atoms with Crippen molar-refractivity contribution in [3.8, 4) is 17.1 Å². The molecule has 0 saturated heterocycles. The molecule has 0 saturated carbocycles. The molecule has 0 fully saturated rings. The van der Waals surface area contributed by atoms with E-state index in [4.69, 9.17) is 0 Å². The summed E-state index contributed by atoms with van der Waals surface area (Å²) >= 11 is 0. The summed E-state index contributed by atoms with van der Waals surface area (Å²) in [7, 11) is 0. The summed E-state index contributed by atoms with van der Waals surface area (Å²) in [5, 5.41) is 4.29. The van der Waals surface area contributed by atoms with Crippen molar-refractivity contribution in [2.24, 2.45) is 0 Å². The molecule has 3 heterocycles. The molecule has 0 aromatic carbocycles. The summed E-state index contributed by atoms with van der Waals surface area (Å²) in [5.74, 6) is 0. The summed E-state index contributed by atoms with van der Waals surface area (Å²) in [5.41, 5.74) is 3.49. The Morgan fingerprint density at radius 3 is 2.67 bits per heavy atom. The van der Waals surface area contributed by atoms with Crippen LogP contribution in [0.25, 0.3) is 17.1 Å². The minimum absolute atomic E-state index is 0.793. The van der Waals surface area contributed by atoms with E-state index in [9.17, 15) is 0 Å². The number of aromatic nitrogens is 5. The molecule has 3 rings (SSSR count). The molecule has 0 aliphatic rings. The molecule has 18 heavy (non-hydrogen) atoms. The highest BCUT2D eigenvalue weighted by molar-refractivity contribution is 5.56. The largest absolute Gasteiger partial charge is 0.262 e. The Morgan fingerprint density at radius 1 is 1.00 bits per heavy atom. The van der Waals surface area contributed by atoms with Crippen molar-refractivity contribution in [3.05, 3.63) is 54.9 Å². The SMILES string of the molecule is Cc1cnc(-c2ccnn2-c2cccnc2)cn1. The molecule has 0 amide bonds. The van der Waals surface area contributed by atoms with Gasteiger partial charge in [0.05, 0.1) is 35.7 Å². The first-order chi connectivity index (χ1) is 8.84. The maximum Gasteiger partial charge on any atom is 0.107 e. The topological polar surface area (TPSA) is 56.5 Å². The molecule has 3 aromatic heterocycles. The highest BCUT2D eigenvalue weighted by atomic mass is 15.3. The fraction of sp³-hybridized carbons (Fsp3) is 0.0769. The second-order valence-corrected chi connectivity index (χ2v) is 3.88. The zero-order valence-electron chi connectivity index (χ0n) is 9.85. The van der Waals surface area contributed by atoms with E-state index >= 15 is 0 Å². The maximum absolute atomic E-state index is 4.36. The lowest BCUT2D eigenvalue weighted by atomic mass is 10.3. The smallest absolute Gasteiger partial charge is 0.107 e. The Balaban J connectivity index is 2.10. The lowest BCUT2D eigenvalue weighted by Crippen LogP contribution is -2.00. The second-order valence-electron chi connectivity index (χ2n) is 3.88. The van der Waals surface area contributed by atoms with Gasteiger partial charge in [-0.05, 0) is 25.1 Å². The maximum atomic E-state index is 4.36. The van der Waals surface area contributed by atoms with Crippen LogP contribution in [0.2, 0.25) is 0 Å². The molecular weight excluding hydrogens is 226 g/mol. The van der Waals surface area contributed by atoms with Crippen LogP contribution in [0, 0.1) is 6.92 Å². The molecule has 0 aliphatic heterocycles. The third-order valence-electron chi connectivity index (χ3n) is 2.58. The first kappa shape index (κ1) is 10.6. The molecule has 0 aliphatic carbocycles. The highest BCUT2D eigenvalue weighted by Crippen LogP contribution is 2.18. The van der Waals surface area contributed by atoms with Gasteiger partial charge in [0.2, 0.25) is 0 Å². The summed E-state index contributed by atoms with van der Waals surface area (Å²) < 4.78 is 1.80. The highest BCUT2D eigenvalue weighted by Gasteiger charge is 2.08. The summed E-state index contributed by atoms with van der Waals surface area (Å²) in [6, 6.07) is 5.74. The van der Waals surface area contributed by atoms with Crippen LogP contribution in [0.3, 0.4) is 0 Å². The normalized spacial score (nSPS) is 10.5. The second kappa shape index (κ2) is 4.37. The Kier molecular flexibility index (Phi) is 2.57. The number of rotatable bonds is 2. The fourth-order valence-corrected chi connectivity index (χ4v) is 1.71. The predicted molar refractivity (Wildman–Crippen MR) is 67.1 cm³/mol. The van der Waals surface area contributed by atoms with Gasteiger partial charge in [-0.1, -0.05) is 0 Å². The molecule has 5 nitrogen and oxygen atoms in total. The summed E-state index contributed by atoms with van der Waals surface area (Å²) in [6.45, 7) is 1.91. The average molecular weight is 237 g/mol. The van der Waals surface area contributed by atoms with E-state index in [2.05, 4.69) is 20.1 Å². The van der Waals surface area contributed by atoms with Gasteiger partial charge in [-0.25, -0.2) is 4.68 Å². The van der Waals surface area contributed by atoms with Crippen molar-refractivity contribution in [1.29, 1.82) is 0 Å². The number of aryl methyl sites for hydroxylation is 1. The van der Waals surface area contributed by atoms with Crippen LogP contribution < -0.4 is 0 Å². The van der Waals surface area contributed by atoms with E-state index < -0.39 is 0 Å². The third-order valence-corrected chi connectivity index (χ3v) is 2.58. The summed E-state index contributed by atoms with van der Waals surface area (Å²) in [4.78, 5) is 12.7. The first-order valence-corrected chi connectivity index (χ1v) is 5.58. The van der Waals surface area contributed by atoms with Crippen LogP contribution >= 0.6 is 0 Å². The van der Waals surface area contributed by atoms with Crippen LogP contribution in [-0.2, 0) is 0 Å². The first-order valence-electron chi connectivity index (χ1n) is 5.58. The predicted octanol–water partition coefficient (Wildman–Crippen LogP) is 2.03. The molecule has 0 atom stereocenters. The van der Waals surface area contributed by atoms with Gasteiger partial charge in [-0.15, -0.1) is 0 Å². The van der Waals surface area contributed by atoms with E-state index in [1.807, 2.05) is 25.1 Å². The lowest BCUT2D eigenvalue weighted by Gasteiger charge is -2.06. The van der Waals surface area contributed by atoms with Crippen molar-refractivity contribution in [2.45, 2.75) is 6.92 Å². The molecule has 0 N–H and O–H groups in total. The van der Waals surface area contributed by atoms with Crippen LogP contribution in [0.1, 0.15) is 5.69 Å². The van der Waals surface area contributed by atoms with E-state index in [1.54, 1.807) is 35.7 Å². The zero-order valence-corrected chi connectivity index (χ0v) is 9.85. The van der Waals surface area contributed by atoms with Crippen molar-refractivity contribution in [2.75, 3.05) is 0 Å². The standard InChI is InChI=1S/C13H11N5/c1-10-7-16-12(9-15-10)13-4-6-17-18(13)11-3-2-5-14-8-11/h2-9H,1H3.